The number of pyridine rings is 1. The van der Waals surface area contributed by atoms with Crippen LogP contribution in [-0.4, -0.2) is 54.6 Å². The van der Waals surface area contributed by atoms with Gasteiger partial charge in [0.2, 0.25) is 0 Å². The number of hydrogen-bond donors (Lipinski definition) is 1. The number of methoxy groups -OCH3 is 1. The largest absolute Gasteiger partial charge is 0.497 e. The second-order valence-electron chi connectivity index (χ2n) is 8.13. The monoisotopic (exact) mass is 378 g/mol. The summed E-state index contributed by atoms with van der Waals surface area (Å²) in [5, 5.41) is 0. The Kier molecular flexibility index (Phi) is 4.23. The molecule has 1 amide bonds. The van der Waals surface area contributed by atoms with Crippen LogP contribution in [0.3, 0.4) is 0 Å². The third-order valence-electron chi connectivity index (χ3n) is 6.84. The van der Waals surface area contributed by atoms with Gasteiger partial charge in [0.1, 0.15) is 11.6 Å². The van der Waals surface area contributed by atoms with Crippen molar-refractivity contribution in [3.63, 3.8) is 0 Å². The number of aromatic nitrogens is 1. The van der Waals surface area contributed by atoms with E-state index in [-0.39, 0.29) is 0 Å². The number of hydrogen-bond acceptors (Lipinski definition) is 5. The predicted octanol–water partition coefficient (Wildman–Crippen LogP) is 2.26. The Morgan fingerprint density at radius 3 is 2.75 bits per heavy atom. The molecule has 6 rings (SSSR count). The van der Waals surface area contributed by atoms with E-state index < -0.39 is 5.91 Å². The first kappa shape index (κ1) is 17.5. The van der Waals surface area contributed by atoms with Crippen molar-refractivity contribution in [2.75, 3.05) is 31.6 Å². The van der Waals surface area contributed by atoms with Crippen molar-refractivity contribution < 1.29 is 9.53 Å². The zero-order valence-electron chi connectivity index (χ0n) is 16.1. The van der Waals surface area contributed by atoms with E-state index >= 15 is 0 Å². The molecule has 5 heterocycles. The van der Waals surface area contributed by atoms with Crippen LogP contribution in [0.25, 0.3) is 0 Å². The number of primary amides is 1. The van der Waals surface area contributed by atoms with Crippen LogP contribution < -0.4 is 15.4 Å². The van der Waals surface area contributed by atoms with E-state index in [0.29, 0.717) is 29.5 Å². The molecule has 2 aromatic rings. The van der Waals surface area contributed by atoms with Crippen LogP contribution in [0.4, 0.5) is 5.82 Å². The van der Waals surface area contributed by atoms with Crippen LogP contribution in [0.1, 0.15) is 34.7 Å². The maximum absolute atomic E-state index is 12.1. The molecule has 2 bridgehead atoms. The first-order chi connectivity index (χ1) is 13.7. The Bertz CT molecular complexity index is 894. The fourth-order valence-corrected chi connectivity index (χ4v) is 5.65. The van der Waals surface area contributed by atoms with E-state index in [1.807, 2.05) is 6.07 Å². The van der Waals surface area contributed by atoms with Crippen LogP contribution in [0.15, 0.2) is 42.6 Å². The zero-order valence-corrected chi connectivity index (χ0v) is 16.1. The number of benzene rings is 1. The van der Waals surface area contributed by atoms with Crippen LogP contribution in [0.2, 0.25) is 0 Å². The molecular weight excluding hydrogens is 352 g/mol. The maximum atomic E-state index is 12.1. The molecule has 4 aliphatic rings. The first-order valence-electron chi connectivity index (χ1n) is 10.1. The van der Waals surface area contributed by atoms with Crippen LogP contribution in [0.5, 0.6) is 5.75 Å². The third kappa shape index (κ3) is 2.66. The van der Waals surface area contributed by atoms with Crippen molar-refractivity contribution in [2.24, 2.45) is 11.7 Å². The number of carbonyl (C=O) groups is 1. The van der Waals surface area contributed by atoms with Crippen molar-refractivity contribution in [3.8, 4) is 5.75 Å². The van der Waals surface area contributed by atoms with Gasteiger partial charge in [0.05, 0.1) is 12.7 Å². The molecule has 0 aliphatic carbocycles. The minimum absolute atomic E-state index is 0.353. The van der Waals surface area contributed by atoms with Gasteiger partial charge < -0.3 is 15.4 Å². The quantitative estimate of drug-likeness (QED) is 0.884. The normalized spacial score (nSPS) is 30.9. The number of anilines is 1. The lowest BCUT2D eigenvalue weighted by Gasteiger charge is -2.51. The maximum Gasteiger partial charge on any atom is 0.252 e. The van der Waals surface area contributed by atoms with Crippen molar-refractivity contribution in [3.05, 3.63) is 53.7 Å². The average molecular weight is 378 g/mol. The molecule has 4 saturated heterocycles. The molecule has 0 radical (unpaired) electrons. The predicted molar refractivity (Wildman–Crippen MR) is 108 cm³/mol. The lowest BCUT2D eigenvalue weighted by Crippen LogP contribution is -2.60. The number of nitrogens with two attached hydrogens (primary N) is 1. The van der Waals surface area contributed by atoms with Crippen molar-refractivity contribution >= 4 is 11.7 Å². The fourth-order valence-electron chi connectivity index (χ4n) is 5.65. The molecule has 2 N–H and O–H groups in total. The fraction of sp³-hybridized carbons (Fsp3) is 0.455. The van der Waals surface area contributed by atoms with E-state index in [4.69, 9.17) is 10.5 Å². The molecular formula is C22H26N4O2. The van der Waals surface area contributed by atoms with E-state index in [9.17, 15) is 4.79 Å². The number of amides is 1. The molecule has 4 aliphatic heterocycles. The molecule has 28 heavy (non-hydrogen) atoms. The van der Waals surface area contributed by atoms with Gasteiger partial charge in [0, 0.05) is 30.7 Å². The topological polar surface area (TPSA) is 71.7 Å². The Hall–Kier alpha value is -2.60. The van der Waals surface area contributed by atoms with Gasteiger partial charge in [-0.3, -0.25) is 9.69 Å². The molecule has 1 aromatic carbocycles. The van der Waals surface area contributed by atoms with Crippen molar-refractivity contribution in [1.29, 1.82) is 0 Å². The number of piperidine rings is 3. The molecule has 0 unspecified atom stereocenters. The smallest absolute Gasteiger partial charge is 0.252 e. The molecule has 3 atom stereocenters. The molecule has 4 fully saturated rings. The summed E-state index contributed by atoms with van der Waals surface area (Å²) >= 11 is 0. The highest BCUT2D eigenvalue weighted by atomic mass is 16.5. The Balaban J connectivity index is 1.59. The lowest BCUT2D eigenvalue weighted by atomic mass is 9.75. The van der Waals surface area contributed by atoms with Gasteiger partial charge in [0.15, 0.2) is 0 Å². The molecule has 6 nitrogen and oxygen atoms in total. The van der Waals surface area contributed by atoms with E-state index in [1.165, 1.54) is 18.4 Å². The SMILES string of the molecule is COc1cccc([C@H]2CN(c3ncccc3C(N)=O)[C@@H]3C4CCN(CC4)[C@H]23)c1. The van der Waals surface area contributed by atoms with Gasteiger partial charge in [-0.15, -0.1) is 0 Å². The molecule has 6 heteroatoms. The van der Waals surface area contributed by atoms with E-state index in [1.54, 1.807) is 25.4 Å². The van der Waals surface area contributed by atoms with Gasteiger partial charge in [-0.1, -0.05) is 12.1 Å². The van der Waals surface area contributed by atoms with Gasteiger partial charge >= 0.3 is 0 Å². The zero-order chi connectivity index (χ0) is 19.3. The summed E-state index contributed by atoms with van der Waals surface area (Å²) in [7, 11) is 1.71. The number of carbonyl (C=O) groups excluding carboxylic acids is 1. The highest BCUT2D eigenvalue weighted by molar-refractivity contribution is 5.97. The lowest BCUT2D eigenvalue weighted by molar-refractivity contribution is 0.0354. The van der Waals surface area contributed by atoms with Crippen LogP contribution >= 0.6 is 0 Å². The van der Waals surface area contributed by atoms with E-state index in [0.717, 1.165) is 31.2 Å². The minimum Gasteiger partial charge on any atom is -0.497 e. The van der Waals surface area contributed by atoms with Gasteiger partial charge in [0.25, 0.3) is 5.91 Å². The second kappa shape index (κ2) is 6.78. The van der Waals surface area contributed by atoms with Gasteiger partial charge in [-0.05, 0) is 61.7 Å². The van der Waals surface area contributed by atoms with E-state index in [2.05, 4.69) is 33.0 Å². The Labute approximate surface area is 165 Å². The Morgan fingerprint density at radius 2 is 2.00 bits per heavy atom. The van der Waals surface area contributed by atoms with Crippen molar-refractivity contribution in [1.82, 2.24) is 9.88 Å². The Morgan fingerprint density at radius 1 is 1.18 bits per heavy atom. The number of rotatable bonds is 4. The molecule has 0 spiro atoms. The summed E-state index contributed by atoms with van der Waals surface area (Å²) in [4.78, 5) is 21.7. The highest BCUT2D eigenvalue weighted by Gasteiger charge is 2.54. The molecule has 0 saturated carbocycles. The number of fused-ring (bicyclic) bond motifs is 2. The minimum atomic E-state index is -0.411. The number of ether oxygens (including phenoxy) is 1. The second-order valence-corrected chi connectivity index (χ2v) is 8.13. The summed E-state index contributed by atoms with van der Waals surface area (Å²) in [5.74, 6) is 2.20. The summed E-state index contributed by atoms with van der Waals surface area (Å²) < 4.78 is 5.47. The summed E-state index contributed by atoms with van der Waals surface area (Å²) in [6.45, 7) is 3.16. The molecule has 146 valence electrons. The average Bonchev–Trinajstić information content (AvgIpc) is 3.17. The van der Waals surface area contributed by atoms with Gasteiger partial charge in [-0.2, -0.15) is 0 Å². The first-order valence-corrected chi connectivity index (χ1v) is 10.1. The number of nitrogens with zero attached hydrogens (tertiary/aromatic N) is 3. The summed E-state index contributed by atoms with van der Waals surface area (Å²) in [5.41, 5.74) is 7.49. The highest BCUT2D eigenvalue weighted by Crippen LogP contribution is 2.48. The van der Waals surface area contributed by atoms with Crippen LogP contribution in [-0.2, 0) is 0 Å². The van der Waals surface area contributed by atoms with Crippen molar-refractivity contribution in [2.45, 2.75) is 30.8 Å². The summed E-state index contributed by atoms with van der Waals surface area (Å²) in [6.07, 6.45) is 4.18. The summed E-state index contributed by atoms with van der Waals surface area (Å²) in [6, 6.07) is 12.8. The van der Waals surface area contributed by atoms with Crippen LogP contribution in [0, 0.1) is 5.92 Å². The third-order valence-corrected chi connectivity index (χ3v) is 6.84. The standard InChI is InChI=1S/C22H26N4O2/c1-28-16-5-2-4-15(12-16)18-13-26(22-17(21(23)27)6-3-9-24-22)19-14-7-10-25(11-8-14)20(18)19/h2-6,9,12,14,18-20H,7-8,10-11,13H2,1H3,(H2,23,27)/t18-,19-,20-/m1/s1. The van der Waals surface area contributed by atoms with Gasteiger partial charge in [-0.25, -0.2) is 4.98 Å². The molecule has 1 aromatic heterocycles.